The molecule has 0 atom stereocenters. The molecule has 6 heteroatoms. The summed E-state index contributed by atoms with van der Waals surface area (Å²) in [5, 5.41) is 8.04. The number of hydrogen-bond donors (Lipinski definition) is 0. The summed E-state index contributed by atoms with van der Waals surface area (Å²) in [7, 11) is 0. The SMILES string of the molecule is CCc1nnc(CN(CCc2ccccc2)CC(=O)OC(C)(C)C)o1. The van der Waals surface area contributed by atoms with Gasteiger partial charge in [0.15, 0.2) is 0 Å². The molecule has 0 aliphatic carbocycles. The van der Waals surface area contributed by atoms with Gasteiger partial charge in [0.25, 0.3) is 0 Å². The van der Waals surface area contributed by atoms with Gasteiger partial charge in [0.1, 0.15) is 5.60 Å². The molecule has 0 saturated heterocycles. The summed E-state index contributed by atoms with van der Waals surface area (Å²) in [6.45, 7) is 8.88. The molecule has 25 heavy (non-hydrogen) atoms. The Bertz CT molecular complexity index is 662. The van der Waals surface area contributed by atoms with Crippen LogP contribution in [0, 0.1) is 0 Å². The quantitative estimate of drug-likeness (QED) is 0.685. The van der Waals surface area contributed by atoms with E-state index in [1.807, 2.05) is 50.8 Å². The van der Waals surface area contributed by atoms with E-state index in [1.165, 1.54) is 5.56 Å². The molecule has 1 heterocycles. The Morgan fingerprint density at radius 2 is 1.84 bits per heavy atom. The van der Waals surface area contributed by atoms with Crippen LogP contribution < -0.4 is 0 Å². The summed E-state index contributed by atoms with van der Waals surface area (Å²) in [4.78, 5) is 14.2. The van der Waals surface area contributed by atoms with Gasteiger partial charge in [-0.05, 0) is 32.8 Å². The van der Waals surface area contributed by atoms with Crippen LogP contribution in [0.4, 0.5) is 0 Å². The van der Waals surface area contributed by atoms with E-state index < -0.39 is 5.60 Å². The highest BCUT2D eigenvalue weighted by Crippen LogP contribution is 2.11. The summed E-state index contributed by atoms with van der Waals surface area (Å²) in [6, 6.07) is 10.2. The second-order valence-electron chi connectivity index (χ2n) is 6.98. The molecule has 0 amide bonds. The van der Waals surface area contributed by atoms with Crippen molar-refractivity contribution in [3.05, 3.63) is 47.7 Å². The second-order valence-corrected chi connectivity index (χ2v) is 6.98. The molecule has 2 aromatic rings. The number of aryl methyl sites for hydroxylation is 1. The number of nitrogens with zero attached hydrogens (tertiary/aromatic N) is 3. The summed E-state index contributed by atoms with van der Waals surface area (Å²) in [5.74, 6) is 0.875. The summed E-state index contributed by atoms with van der Waals surface area (Å²) < 4.78 is 11.0. The first-order valence-corrected chi connectivity index (χ1v) is 8.65. The van der Waals surface area contributed by atoms with Crippen molar-refractivity contribution in [3.8, 4) is 0 Å². The predicted octanol–water partition coefficient (Wildman–Crippen LogP) is 3.02. The van der Waals surface area contributed by atoms with E-state index in [0.29, 0.717) is 31.3 Å². The fourth-order valence-corrected chi connectivity index (χ4v) is 2.39. The van der Waals surface area contributed by atoms with Crippen molar-refractivity contribution in [2.24, 2.45) is 0 Å². The lowest BCUT2D eigenvalue weighted by Gasteiger charge is -2.24. The van der Waals surface area contributed by atoms with Gasteiger partial charge in [-0.15, -0.1) is 10.2 Å². The molecule has 0 N–H and O–H groups in total. The minimum Gasteiger partial charge on any atom is -0.459 e. The number of aromatic nitrogens is 2. The first-order chi connectivity index (χ1) is 11.9. The normalized spacial score (nSPS) is 11.7. The van der Waals surface area contributed by atoms with Gasteiger partial charge in [-0.2, -0.15) is 0 Å². The van der Waals surface area contributed by atoms with Crippen molar-refractivity contribution < 1.29 is 13.9 Å². The Hall–Kier alpha value is -2.21. The third-order valence-electron chi connectivity index (χ3n) is 3.50. The van der Waals surface area contributed by atoms with Crippen LogP contribution in [0.5, 0.6) is 0 Å². The van der Waals surface area contributed by atoms with Crippen LogP contribution >= 0.6 is 0 Å². The molecular formula is C19H27N3O3. The topological polar surface area (TPSA) is 68.5 Å². The number of carbonyl (C=O) groups is 1. The van der Waals surface area contributed by atoms with Crippen LogP contribution in [-0.2, 0) is 28.9 Å². The molecule has 1 aromatic carbocycles. The molecular weight excluding hydrogens is 318 g/mol. The Kier molecular flexibility index (Phi) is 6.70. The monoisotopic (exact) mass is 345 g/mol. The summed E-state index contributed by atoms with van der Waals surface area (Å²) in [6.07, 6.45) is 1.53. The lowest BCUT2D eigenvalue weighted by atomic mass is 10.1. The Labute approximate surface area is 149 Å². The van der Waals surface area contributed by atoms with E-state index in [-0.39, 0.29) is 12.5 Å². The number of ether oxygens (including phenoxy) is 1. The van der Waals surface area contributed by atoms with E-state index in [4.69, 9.17) is 9.15 Å². The van der Waals surface area contributed by atoms with Gasteiger partial charge in [-0.1, -0.05) is 37.3 Å². The van der Waals surface area contributed by atoms with E-state index in [2.05, 4.69) is 22.3 Å². The maximum atomic E-state index is 12.2. The molecule has 2 rings (SSSR count). The van der Waals surface area contributed by atoms with Crippen LogP contribution in [-0.4, -0.2) is 39.8 Å². The van der Waals surface area contributed by atoms with Gasteiger partial charge in [0, 0.05) is 13.0 Å². The first kappa shape index (κ1) is 19.1. The number of carbonyl (C=O) groups excluding carboxylic acids is 1. The minimum absolute atomic E-state index is 0.188. The van der Waals surface area contributed by atoms with Crippen LogP contribution in [0.1, 0.15) is 45.0 Å². The average Bonchev–Trinajstić information content (AvgIpc) is 2.99. The second kappa shape index (κ2) is 8.76. The Morgan fingerprint density at radius 3 is 2.44 bits per heavy atom. The molecule has 0 unspecified atom stereocenters. The first-order valence-electron chi connectivity index (χ1n) is 8.65. The fourth-order valence-electron chi connectivity index (χ4n) is 2.39. The average molecular weight is 345 g/mol. The van der Waals surface area contributed by atoms with Crippen LogP contribution in [0.3, 0.4) is 0 Å². The molecule has 0 saturated carbocycles. The molecule has 1 aromatic heterocycles. The zero-order valence-corrected chi connectivity index (χ0v) is 15.5. The zero-order valence-electron chi connectivity index (χ0n) is 15.5. The molecule has 6 nitrogen and oxygen atoms in total. The highest BCUT2D eigenvalue weighted by Gasteiger charge is 2.20. The zero-order chi connectivity index (χ0) is 18.3. The molecule has 0 radical (unpaired) electrons. The van der Waals surface area contributed by atoms with Gasteiger partial charge in [0.05, 0.1) is 13.1 Å². The van der Waals surface area contributed by atoms with Crippen LogP contribution in [0.2, 0.25) is 0 Å². The lowest BCUT2D eigenvalue weighted by Crippen LogP contribution is -2.35. The van der Waals surface area contributed by atoms with E-state index in [0.717, 1.165) is 6.42 Å². The number of hydrogen-bond acceptors (Lipinski definition) is 6. The number of esters is 1. The third-order valence-corrected chi connectivity index (χ3v) is 3.50. The number of rotatable bonds is 8. The summed E-state index contributed by atoms with van der Waals surface area (Å²) in [5.41, 5.74) is 0.721. The lowest BCUT2D eigenvalue weighted by molar-refractivity contribution is -0.156. The van der Waals surface area contributed by atoms with Crippen LogP contribution in [0.15, 0.2) is 34.7 Å². The third kappa shape index (κ3) is 7.05. The van der Waals surface area contributed by atoms with E-state index in [9.17, 15) is 4.79 Å². The smallest absolute Gasteiger partial charge is 0.320 e. The molecule has 0 aliphatic rings. The molecule has 0 aliphatic heterocycles. The van der Waals surface area contributed by atoms with Crippen molar-refractivity contribution in [1.82, 2.24) is 15.1 Å². The Morgan fingerprint density at radius 1 is 1.16 bits per heavy atom. The van der Waals surface area contributed by atoms with Crippen molar-refractivity contribution in [2.45, 2.75) is 52.7 Å². The maximum Gasteiger partial charge on any atom is 0.320 e. The van der Waals surface area contributed by atoms with E-state index in [1.54, 1.807) is 0 Å². The maximum absolute atomic E-state index is 12.2. The summed E-state index contributed by atoms with van der Waals surface area (Å²) >= 11 is 0. The highest BCUT2D eigenvalue weighted by atomic mass is 16.6. The predicted molar refractivity (Wildman–Crippen MR) is 94.9 cm³/mol. The van der Waals surface area contributed by atoms with Crippen molar-refractivity contribution in [1.29, 1.82) is 0 Å². The molecule has 136 valence electrons. The Balaban J connectivity index is 2.00. The van der Waals surface area contributed by atoms with Crippen molar-refractivity contribution in [2.75, 3.05) is 13.1 Å². The van der Waals surface area contributed by atoms with Crippen molar-refractivity contribution in [3.63, 3.8) is 0 Å². The fraction of sp³-hybridized carbons (Fsp3) is 0.526. The standard InChI is InChI=1S/C19H27N3O3/c1-5-16-20-21-17(24-16)13-22(14-18(23)25-19(2,3)4)12-11-15-9-7-6-8-10-15/h6-10H,5,11-14H2,1-4H3. The largest absolute Gasteiger partial charge is 0.459 e. The van der Waals surface area contributed by atoms with Gasteiger partial charge in [-0.25, -0.2) is 0 Å². The molecule has 0 bridgehead atoms. The van der Waals surface area contributed by atoms with Crippen molar-refractivity contribution >= 4 is 5.97 Å². The molecule has 0 spiro atoms. The van der Waals surface area contributed by atoms with Gasteiger partial charge >= 0.3 is 5.97 Å². The van der Waals surface area contributed by atoms with Gasteiger partial charge < -0.3 is 9.15 Å². The van der Waals surface area contributed by atoms with E-state index >= 15 is 0 Å². The van der Waals surface area contributed by atoms with Gasteiger partial charge in [-0.3, -0.25) is 9.69 Å². The minimum atomic E-state index is -0.498. The number of benzene rings is 1. The highest BCUT2D eigenvalue weighted by molar-refractivity contribution is 5.72. The molecule has 0 fully saturated rings. The van der Waals surface area contributed by atoms with Gasteiger partial charge in [0.2, 0.25) is 11.8 Å². The van der Waals surface area contributed by atoms with Crippen LogP contribution in [0.25, 0.3) is 0 Å².